The molecule has 2 aromatic rings. The van der Waals surface area contributed by atoms with Crippen molar-refractivity contribution in [2.45, 2.75) is 13.3 Å². The highest BCUT2D eigenvalue weighted by atomic mass is 19.1. The second-order valence-electron chi connectivity index (χ2n) is 4.18. The van der Waals surface area contributed by atoms with Gasteiger partial charge in [-0.2, -0.15) is 5.26 Å². The zero-order chi connectivity index (χ0) is 14.5. The maximum absolute atomic E-state index is 13.2. The second kappa shape index (κ2) is 6.11. The number of rotatable bonds is 4. The molecule has 2 rings (SSSR count). The maximum Gasteiger partial charge on any atom is 0.155 e. The molecule has 0 radical (unpaired) electrons. The van der Waals surface area contributed by atoms with Gasteiger partial charge in [-0.25, -0.2) is 8.78 Å². The summed E-state index contributed by atoms with van der Waals surface area (Å²) < 4.78 is 31.8. The fraction of sp³-hybridized carbons (Fsp3) is 0.200. The molecule has 1 aromatic carbocycles. The number of benzene rings is 1. The Bertz CT molecular complexity index is 645. The van der Waals surface area contributed by atoms with Gasteiger partial charge in [-0.3, -0.25) is 4.98 Å². The van der Waals surface area contributed by atoms with Crippen LogP contribution < -0.4 is 4.74 Å². The number of ether oxygens (including phenoxy) is 1. The van der Waals surface area contributed by atoms with Crippen LogP contribution in [0, 0.1) is 23.0 Å². The molecule has 0 saturated carbocycles. The molecule has 0 N–H and O–H groups in total. The van der Waals surface area contributed by atoms with Gasteiger partial charge in [0.2, 0.25) is 0 Å². The van der Waals surface area contributed by atoms with E-state index in [9.17, 15) is 8.78 Å². The van der Waals surface area contributed by atoms with Crippen molar-refractivity contribution in [1.29, 1.82) is 5.26 Å². The van der Waals surface area contributed by atoms with Crippen LogP contribution in [0.5, 0.6) is 5.75 Å². The van der Waals surface area contributed by atoms with Crippen LogP contribution in [0.25, 0.3) is 11.3 Å². The Morgan fingerprint density at radius 2 is 1.90 bits per heavy atom. The van der Waals surface area contributed by atoms with E-state index in [-0.39, 0.29) is 11.1 Å². The third-order valence-corrected chi connectivity index (χ3v) is 2.61. The Morgan fingerprint density at radius 3 is 2.50 bits per heavy atom. The molecule has 0 atom stereocenters. The minimum absolute atomic E-state index is 0.279. The van der Waals surface area contributed by atoms with Crippen LogP contribution in [0.2, 0.25) is 0 Å². The molecule has 0 spiro atoms. The summed E-state index contributed by atoms with van der Waals surface area (Å²) in [4.78, 5) is 4.08. The van der Waals surface area contributed by atoms with Crippen LogP contribution in [0.15, 0.2) is 30.5 Å². The van der Waals surface area contributed by atoms with Crippen molar-refractivity contribution >= 4 is 0 Å². The maximum atomic E-state index is 13.2. The summed E-state index contributed by atoms with van der Waals surface area (Å²) in [6.45, 7) is 2.42. The molecule has 102 valence electrons. The van der Waals surface area contributed by atoms with Crippen molar-refractivity contribution < 1.29 is 13.5 Å². The molecule has 0 aliphatic carbocycles. The average Bonchev–Trinajstić information content (AvgIpc) is 2.43. The first-order valence-corrected chi connectivity index (χ1v) is 6.13. The number of hydrogen-bond donors (Lipinski definition) is 0. The fourth-order valence-corrected chi connectivity index (χ4v) is 1.72. The Balaban J connectivity index is 2.41. The van der Waals surface area contributed by atoms with Crippen molar-refractivity contribution in [3.63, 3.8) is 0 Å². The minimum atomic E-state index is -0.688. The van der Waals surface area contributed by atoms with Crippen molar-refractivity contribution in [1.82, 2.24) is 4.98 Å². The molecule has 0 fully saturated rings. The molecule has 0 bridgehead atoms. The monoisotopic (exact) mass is 274 g/mol. The third-order valence-electron chi connectivity index (χ3n) is 2.61. The lowest BCUT2D eigenvalue weighted by Gasteiger charge is -2.08. The number of halogens is 2. The van der Waals surface area contributed by atoms with Gasteiger partial charge in [-0.05, 0) is 24.6 Å². The SMILES string of the molecule is CCCOc1cnc(-c2cc(F)cc(F)c2)cc1C#N. The lowest BCUT2D eigenvalue weighted by atomic mass is 10.1. The summed E-state index contributed by atoms with van der Waals surface area (Å²) in [5.41, 5.74) is 0.887. The Morgan fingerprint density at radius 1 is 1.20 bits per heavy atom. The summed E-state index contributed by atoms with van der Waals surface area (Å²) in [7, 11) is 0. The van der Waals surface area contributed by atoms with E-state index in [1.54, 1.807) is 0 Å². The van der Waals surface area contributed by atoms with Crippen LogP contribution in [0.4, 0.5) is 8.78 Å². The Kier molecular flexibility index (Phi) is 4.26. The normalized spacial score (nSPS) is 10.1. The molecule has 3 nitrogen and oxygen atoms in total. The first kappa shape index (κ1) is 13.9. The molecule has 5 heteroatoms. The summed E-state index contributed by atoms with van der Waals surface area (Å²) >= 11 is 0. The highest BCUT2D eigenvalue weighted by Gasteiger charge is 2.09. The molecular formula is C15H12F2N2O. The fourth-order valence-electron chi connectivity index (χ4n) is 1.72. The number of aromatic nitrogens is 1. The smallest absolute Gasteiger partial charge is 0.155 e. The predicted octanol–water partition coefficient (Wildman–Crippen LogP) is 3.69. The van der Waals surface area contributed by atoms with Gasteiger partial charge < -0.3 is 4.74 Å². The zero-order valence-electron chi connectivity index (χ0n) is 10.9. The molecule has 0 amide bonds. The first-order valence-electron chi connectivity index (χ1n) is 6.13. The van der Waals surface area contributed by atoms with Gasteiger partial charge in [0.25, 0.3) is 0 Å². The number of pyridine rings is 1. The zero-order valence-corrected chi connectivity index (χ0v) is 10.9. The van der Waals surface area contributed by atoms with E-state index in [0.717, 1.165) is 12.5 Å². The molecule has 0 saturated heterocycles. The van der Waals surface area contributed by atoms with Crippen molar-refractivity contribution in [2.75, 3.05) is 6.61 Å². The standard InChI is InChI=1S/C15H12F2N2O/c1-2-3-20-15-9-19-14(6-11(15)8-18)10-4-12(16)7-13(17)5-10/h4-7,9H,2-3H2,1H3. The van der Waals surface area contributed by atoms with E-state index in [2.05, 4.69) is 4.98 Å². The van der Waals surface area contributed by atoms with Crippen molar-refractivity contribution in [2.24, 2.45) is 0 Å². The largest absolute Gasteiger partial charge is 0.491 e. The van der Waals surface area contributed by atoms with Gasteiger partial charge in [0, 0.05) is 11.6 Å². The molecule has 1 aromatic heterocycles. The number of hydrogen-bond acceptors (Lipinski definition) is 3. The van der Waals surface area contributed by atoms with E-state index in [4.69, 9.17) is 10.00 Å². The molecule has 0 aliphatic heterocycles. The van der Waals surface area contributed by atoms with Crippen LogP contribution in [-0.4, -0.2) is 11.6 Å². The van der Waals surface area contributed by atoms with E-state index in [1.807, 2.05) is 13.0 Å². The Hall–Kier alpha value is -2.48. The van der Waals surface area contributed by atoms with Gasteiger partial charge in [0.05, 0.1) is 24.1 Å². The molecule has 0 aliphatic rings. The van der Waals surface area contributed by atoms with Gasteiger partial charge in [-0.1, -0.05) is 6.92 Å². The third kappa shape index (κ3) is 3.09. The lowest BCUT2D eigenvalue weighted by Crippen LogP contribution is -1.99. The van der Waals surface area contributed by atoms with E-state index >= 15 is 0 Å². The number of nitrogens with zero attached hydrogens (tertiary/aromatic N) is 2. The number of nitriles is 1. The van der Waals surface area contributed by atoms with Gasteiger partial charge in [-0.15, -0.1) is 0 Å². The average molecular weight is 274 g/mol. The van der Waals surface area contributed by atoms with E-state index in [1.165, 1.54) is 24.4 Å². The molecular weight excluding hydrogens is 262 g/mol. The van der Waals surface area contributed by atoms with Gasteiger partial charge in [0.15, 0.2) is 5.75 Å². The molecule has 20 heavy (non-hydrogen) atoms. The summed E-state index contributed by atoms with van der Waals surface area (Å²) in [5, 5.41) is 9.09. The highest BCUT2D eigenvalue weighted by Crippen LogP contribution is 2.25. The predicted molar refractivity (Wildman–Crippen MR) is 70.1 cm³/mol. The minimum Gasteiger partial charge on any atom is -0.491 e. The van der Waals surface area contributed by atoms with Crippen LogP contribution in [-0.2, 0) is 0 Å². The van der Waals surface area contributed by atoms with Gasteiger partial charge >= 0.3 is 0 Å². The second-order valence-corrected chi connectivity index (χ2v) is 4.18. The molecule has 1 heterocycles. The van der Waals surface area contributed by atoms with Crippen LogP contribution in [0.3, 0.4) is 0 Å². The van der Waals surface area contributed by atoms with Crippen molar-refractivity contribution in [3.8, 4) is 23.1 Å². The topological polar surface area (TPSA) is 45.9 Å². The Labute approximate surface area is 115 Å². The van der Waals surface area contributed by atoms with E-state index < -0.39 is 11.6 Å². The molecule has 0 unspecified atom stereocenters. The van der Waals surface area contributed by atoms with Crippen molar-refractivity contribution in [3.05, 3.63) is 47.7 Å². The van der Waals surface area contributed by atoms with Gasteiger partial charge in [0.1, 0.15) is 17.7 Å². The first-order chi connectivity index (χ1) is 9.63. The van der Waals surface area contributed by atoms with E-state index in [0.29, 0.717) is 18.1 Å². The van der Waals surface area contributed by atoms with Crippen LogP contribution in [0.1, 0.15) is 18.9 Å². The summed E-state index contributed by atoms with van der Waals surface area (Å²) in [6, 6.07) is 6.57. The highest BCUT2D eigenvalue weighted by molar-refractivity contribution is 5.62. The lowest BCUT2D eigenvalue weighted by molar-refractivity contribution is 0.315. The van der Waals surface area contributed by atoms with Crippen LogP contribution >= 0.6 is 0 Å². The quantitative estimate of drug-likeness (QED) is 0.854. The summed E-state index contributed by atoms with van der Waals surface area (Å²) in [5.74, 6) is -1.01. The summed E-state index contributed by atoms with van der Waals surface area (Å²) in [6.07, 6.45) is 2.20.